The summed E-state index contributed by atoms with van der Waals surface area (Å²) >= 11 is 0. The maximum atomic E-state index is 4.97. The van der Waals surface area contributed by atoms with Crippen molar-refractivity contribution in [3.63, 3.8) is 0 Å². The van der Waals surface area contributed by atoms with Crippen LogP contribution >= 0.6 is 0 Å². The van der Waals surface area contributed by atoms with Crippen LogP contribution in [0.1, 0.15) is 13.8 Å². The molecule has 1 unspecified atom stereocenters. The molecule has 0 radical (unpaired) electrons. The maximum Gasteiger partial charge on any atom is 0.154 e. The zero-order valence-electron chi connectivity index (χ0n) is 8.57. The summed E-state index contributed by atoms with van der Waals surface area (Å²) in [5.41, 5.74) is 0. The molecular formula is C11H18O2. The molecule has 0 N–H and O–H groups in total. The van der Waals surface area contributed by atoms with Crippen molar-refractivity contribution < 1.29 is 9.47 Å². The van der Waals surface area contributed by atoms with E-state index >= 15 is 0 Å². The van der Waals surface area contributed by atoms with Crippen molar-refractivity contribution in [2.24, 2.45) is 0 Å². The Morgan fingerprint density at radius 2 is 1.38 bits per heavy atom. The third-order valence-electron chi connectivity index (χ3n) is 1.40. The van der Waals surface area contributed by atoms with Gasteiger partial charge in [0.05, 0.1) is 0 Å². The summed E-state index contributed by atoms with van der Waals surface area (Å²) in [4.78, 5) is 0. The molecule has 0 aromatic heterocycles. The molecule has 2 nitrogen and oxygen atoms in total. The van der Waals surface area contributed by atoms with Crippen LogP contribution in [-0.2, 0) is 9.47 Å². The van der Waals surface area contributed by atoms with Gasteiger partial charge in [-0.05, 0) is 13.8 Å². The molecular weight excluding hydrogens is 164 g/mol. The van der Waals surface area contributed by atoms with Gasteiger partial charge in [-0.1, -0.05) is 36.4 Å². The van der Waals surface area contributed by atoms with Crippen LogP contribution in [0.5, 0.6) is 0 Å². The van der Waals surface area contributed by atoms with Gasteiger partial charge in [0.2, 0.25) is 0 Å². The van der Waals surface area contributed by atoms with Crippen molar-refractivity contribution in [3.8, 4) is 0 Å². The SMILES string of the molecule is CCOC(C)OC.c1ccccc1. The molecule has 74 valence electrons. The first-order valence-electron chi connectivity index (χ1n) is 4.45. The number of ether oxygens (including phenoxy) is 2. The molecule has 0 bridgehead atoms. The molecule has 0 heterocycles. The Morgan fingerprint density at radius 3 is 1.54 bits per heavy atom. The van der Waals surface area contributed by atoms with Crippen LogP contribution in [0.15, 0.2) is 36.4 Å². The van der Waals surface area contributed by atoms with Crippen LogP contribution in [-0.4, -0.2) is 20.0 Å². The van der Waals surface area contributed by atoms with Crippen LogP contribution in [0.4, 0.5) is 0 Å². The number of rotatable bonds is 3. The zero-order chi connectivity index (χ0) is 9.94. The fraction of sp³-hybridized carbons (Fsp3) is 0.455. The first-order valence-corrected chi connectivity index (χ1v) is 4.45. The van der Waals surface area contributed by atoms with Gasteiger partial charge in [-0.3, -0.25) is 0 Å². The summed E-state index contributed by atoms with van der Waals surface area (Å²) in [7, 11) is 1.63. The average molecular weight is 182 g/mol. The van der Waals surface area contributed by atoms with Gasteiger partial charge in [-0.25, -0.2) is 0 Å². The highest BCUT2D eigenvalue weighted by atomic mass is 16.7. The van der Waals surface area contributed by atoms with E-state index in [1.54, 1.807) is 7.11 Å². The van der Waals surface area contributed by atoms with Crippen LogP contribution in [0.2, 0.25) is 0 Å². The number of hydrogen-bond donors (Lipinski definition) is 0. The lowest BCUT2D eigenvalue weighted by atomic mass is 10.4. The number of hydrogen-bond acceptors (Lipinski definition) is 2. The van der Waals surface area contributed by atoms with Crippen LogP contribution in [0.3, 0.4) is 0 Å². The van der Waals surface area contributed by atoms with Gasteiger partial charge < -0.3 is 9.47 Å². The van der Waals surface area contributed by atoms with Gasteiger partial charge in [-0.2, -0.15) is 0 Å². The third-order valence-corrected chi connectivity index (χ3v) is 1.40. The summed E-state index contributed by atoms with van der Waals surface area (Å²) in [5, 5.41) is 0. The summed E-state index contributed by atoms with van der Waals surface area (Å²) in [5.74, 6) is 0. The highest BCUT2D eigenvalue weighted by molar-refractivity contribution is 4.99. The number of benzene rings is 1. The lowest BCUT2D eigenvalue weighted by molar-refractivity contribution is -0.106. The third kappa shape index (κ3) is 9.05. The van der Waals surface area contributed by atoms with Crippen molar-refractivity contribution in [1.29, 1.82) is 0 Å². The minimum Gasteiger partial charge on any atom is -0.356 e. The van der Waals surface area contributed by atoms with Crippen molar-refractivity contribution in [2.75, 3.05) is 13.7 Å². The normalized spacial score (nSPS) is 11.3. The Labute approximate surface area is 80.5 Å². The fourth-order valence-electron chi connectivity index (χ4n) is 0.688. The first kappa shape index (κ1) is 12.1. The summed E-state index contributed by atoms with van der Waals surface area (Å²) in [6.07, 6.45) is -0.0509. The summed E-state index contributed by atoms with van der Waals surface area (Å²) in [6, 6.07) is 12.0. The molecule has 0 saturated carbocycles. The first-order chi connectivity index (χ1) is 6.31. The van der Waals surface area contributed by atoms with Crippen molar-refractivity contribution >= 4 is 0 Å². The largest absolute Gasteiger partial charge is 0.356 e. The van der Waals surface area contributed by atoms with E-state index in [1.807, 2.05) is 50.2 Å². The van der Waals surface area contributed by atoms with Crippen molar-refractivity contribution in [2.45, 2.75) is 20.1 Å². The van der Waals surface area contributed by atoms with Gasteiger partial charge in [0.1, 0.15) is 0 Å². The van der Waals surface area contributed by atoms with Gasteiger partial charge in [0, 0.05) is 13.7 Å². The minimum absolute atomic E-state index is 0.0509. The smallest absolute Gasteiger partial charge is 0.154 e. The quantitative estimate of drug-likeness (QED) is 0.669. The Bertz CT molecular complexity index is 148. The van der Waals surface area contributed by atoms with Gasteiger partial charge in [0.25, 0.3) is 0 Å². The molecule has 0 spiro atoms. The Balaban J connectivity index is 0.000000223. The van der Waals surface area contributed by atoms with Crippen LogP contribution < -0.4 is 0 Å². The lowest BCUT2D eigenvalue weighted by Crippen LogP contribution is -2.08. The molecule has 0 aliphatic carbocycles. The maximum absolute atomic E-state index is 4.97. The Kier molecular flexibility index (Phi) is 8.62. The highest BCUT2D eigenvalue weighted by Crippen LogP contribution is 1.87. The molecule has 1 atom stereocenters. The van der Waals surface area contributed by atoms with E-state index in [9.17, 15) is 0 Å². The molecule has 1 aromatic carbocycles. The molecule has 13 heavy (non-hydrogen) atoms. The molecule has 0 saturated heterocycles. The lowest BCUT2D eigenvalue weighted by Gasteiger charge is -2.06. The standard InChI is InChI=1S/C6H6.C5H12O2/c1-2-4-6-5-3-1;1-4-7-5(2)6-3/h1-6H;5H,4H2,1-3H3. The predicted molar refractivity (Wildman–Crippen MR) is 54.5 cm³/mol. The molecule has 0 fully saturated rings. The molecule has 1 aromatic rings. The van der Waals surface area contributed by atoms with Crippen LogP contribution in [0, 0.1) is 0 Å². The van der Waals surface area contributed by atoms with E-state index in [2.05, 4.69) is 0 Å². The average Bonchev–Trinajstić information content (AvgIpc) is 2.22. The summed E-state index contributed by atoms with van der Waals surface area (Å²) in [6.45, 7) is 4.52. The van der Waals surface area contributed by atoms with E-state index in [0.29, 0.717) is 0 Å². The highest BCUT2D eigenvalue weighted by Gasteiger charge is 1.91. The Morgan fingerprint density at radius 1 is 1.00 bits per heavy atom. The summed E-state index contributed by atoms with van der Waals surface area (Å²) < 4.78 is 9.74. The predicted octanol–water partition coefficient (Wildman–Crippen LogP) is 2.70. The van der Waals surface area contributed by atoms with E-state index in [4.69, 9.17) is 9.47 Å². The monoisotopic (exact) mass is 182 g/mol. The Hall–Kier alpha value is -0.860. The van der Waals surface area contributed by atoms with Gasteiger partial charge in [-0.15, -0.1) is 0 Å². The second-order valence-electron chi connectivity index (χ2n) is 2.41. The van der Waals surface area contributed by atoms with E-state index < -0.39 is 0 Å². The van der Waals surface area contributed by atoms with Gasteiger partial charge in [0.15, 0.2) is 6.29 Å². The second kappa shape index (κ2) is 9.23. The van der Waals surface area contributed by atoms with E-state index in [-0.39, 0.29) is 6.29 Å². The van der Waals surface area contributed by atoms with Crippen molar-refractivity contribution in [1.82, 2.24) is 0 Å². The fourth-order valence-corrected chi connectivity index (χ4v) is 0.688. The van der Waals surface area contributed by atoms with E-state index in [1.165, 1.54) is 0 Å². The number of methoxy groups -OCH3 is 1. The molecule has 1 rings (SSSR count). The minimum atomic E-state index is -0.0509. The topological polar surface area (TPSA) is 18.5 Å². The molecule has 0 aliphatic rings. The molecule has 2 heteroatoms. The molecule has 0 aliphatic heterocycles. The van der Waals surface area contributed by atoms with Crippen molar-refractivity contribution in [3.05, 3.63) is 36.4 Å². The van der Waals surface area contributed by atoms with Crippen LogP contribution in [0.25, 0.3) is 0 Å². The molecule has 0 amide bonds. The second-order valence-corrected chi connectivity index (χ2v) is 2.41. The zero-order valence-corrected chi connectivity index (χ0v) is 8.57. The van der Waals surface area contributed by atoms with Gasteiger partial charge >= 0.3 is 0 Å². The van der Waals surface area contributed by atoms with E-state index in [0.717, 1.165) is 6.61 Å².